The van der Waals surface area contributed by atoms with E-state index < -0.39 is 22.2 Å². The SMILES string of the molecule is Cc1noc(C)c1S(=O)(=O)N(C)C[C@@H]1Oc2ccc(NC(=O)C3CC3)cc2CC(=O)N([C@@H](C)CO)C[C@@H]1C. The Labute approximate surface area is 223 Å². The fourth-order valence-corrected chi connectivity index (χ4v) is 6.13. The summed E-state index contributed by atoms with van der Waals surface area (Å²) in [5.41, 5.74) is 1.42. The summed E-state index contributed by atoms with van der Waals surface area (Å²) >= 11 is 0. The lowest BCUT2D eigenvalue weighted by molar-refractivity contribution is -0.134. The first-order valence-corrected chi connectivity index (χ1v) is 14.3. The molecule has 11 nitrogen and oxygen atoms in total. The number of carbonyl (C=O) groups is 2. The molecule has 3 atom stereocenters. The van der Waals surface area contributed by atoms with Crippen molar-refractivity contribution < 1.29 is 32.4 Å². The van der Waals surface area contributed by atoms with Gasteiger partial charge in [0.2, 0.25) is 21.8 Å². The van der Waals surface area contributed by atoms with Crippen molar-refractivity contribution in [2.24, 2.45) is 11.8 Å². The van der Waals surface area contributed by atoms with Crippen LogP contribution in [0.15, 0.2) is 27.6 Å². The Bertz CT molecular complexity index is 1290. The molecule has 0 unspecified atom stereocenters. The van der Waals surface area contributed by atoms with Gasteiger partial charge < -0.3 is 24.6 Å². The maximum atomic E-state index is 13.4. The Kier molecular flexibility index (Phi) is 8.15. The second-order valence-electron chi connectivity index (χ2n) is 10.4. The second-order valence-corrected chi connectivity index (χ2v) is 12.4. The van der Waals surface area contributed by atoms with Crippen LogP contribution in [-0.2, 0) is 26.0 Å². The van der Waals surface area contributed by atoms with E-state index in [0.29, 0.717) is 17.0 Å². The molecule has 2 aliphatic rings. The second kappa shape index (κ2) is 11.0. The molecule has 0 saturated heterocycles. The zero-order chi connectivity index (χ0) is 27.8. The van der Waals surface area contributed by atoms with Gasteiger partial charge in [-0.15, -0.1) is 0 Å². The van der Waals surface area contributed by atoms with Gasteiger partial charge in [0, 0.05) is 36.7 Å². The van der Waals surface area contributed by atoms with Gasteiger partial charge in [-0.25, -0.2) is 8.42 Å². The van der Waals surface area contributed by atoms with Crippen LogP contribution in [0.25, 0.3) is 0 Å². The molecule has 0 spiro atoms. The van der Waals surface area contributed by atoms with Gasteiger partial charge in [-0.05, 0) is 51.8 Å². The van der Waals surface area contributed by atoms with Gasteiger partial charge >= 0.3 is 0 Å². The average molecular weight is 549 g/mol. The van der Waals surface area contributed by atoms with Gasteiger partial charge in [-0.1, -0.05) is 12.1 Å². The van der Waals surface area contributed by atoms with E-state index in [2.05, 4.69) is 10.5 Å². The maximum Gasteiger partial charge on any atom is 0.248 e. The van der Waals surface area contributed by atoms with Crippen LogP contribution in [0.3, 0.4) is 0 Å². The van der Waals surface area contributed by atoms with Crippen LogP contribution in [0, 0.1) is 25.7 Å². The molecular weight excluding hydrogens is 512 g/mol. The lowest BCUT2D eigenvalue weighted by atomic mass is 10.0. The topological polar surface area (TPSA) is 142 Å². The molecule has 1 aliphatic carbocycles. The van der Waals surface area contributed by atoms with Crippen molar-refractivity contribution in [2.75, 3.05) is 32.1 Å². The largest absolute Gasteiger partial charge is 0.488 e. The van der Waals surface area contributed by atoms with Crippen LogP contribution < -0.4 is 10.1 Å². The minimum Gasteiger partial charge on any atom is -0.488 e. The number of likely N-dealkylation sites (N-methyl/N-ethyl adjacent to an activating group) is 1. The minimum atomic E-state index is -3.93. The normalized spacial score (nSPS) is 21.2. The fraction of sp³-hybridized carbons (Fsp3) is 0.577. The number of nitrogens with one attached hydrogen (secondary N) is 1. The first kappa shape index (κ1) is 28.1. The highest BCUT2D eigenvalue weighted by atomic mass is 32.2. The molecule has 1 aromatic heterocycles. The fourth-order valence-electron chi connectivity index (χ4n) is 4.67. The van der Waals surface area contributed by atoms with Crippen molar-refractivity contribution in [1.82, 2.24) is 14.4 Å². The highest BCUT2D eigenvalue weighted by Crippen LogP contribution is 2.33. The number of hydrogen-bond donors (Lipinski definition) is 2. The number of nitrogens with zero attached hydrogens (tertiary/aromatic N) is 3. The standard InChI is InChI=1S/C26H36N4O7S/c1-15-12-30(16(2)14-31)24(32)11-20-10-21(27-26(33)19-6-7-19)8-9-22(20)36-23(15)13-29(5)38(34,35)25-17(3)28-37-18(25)4/h8-10,15-16,19,23,31H,6-7,11-14H2,1-5H3,(H,27,33)/t15-,16-,23-/m0/s1. The molecule has 2 heterocycles. The molecule has 12 heteroatoms. The maximum absolute atomic E-state index is 13.4. The van der Waals surface area contributed by atoms with E-state index >= 15 is 0 Å². The molecule has 38 heavy (non-hydrogen) atoms. The summed E-state index contributed by atoms with van der Waals surface area (Å²) in [6, 6.07) is 4.72. The van der Waals surface area contributed by atoms with Gasteiger partial charge in [0.25, 0.3) is 0 Å². The van der Waals surface area contributed by atoms with Crippen molar-refractivity contribution in [2.45, 2.75) is 64.0 Å². The number of aliphatic hydroxyl groups is 1. The molecule has 1 aliphatic heterocycles. The molecule has 1 aromatic carbocycles. The molecule has 0 bridgehead atoms. The lowest BCUT2D eigenvalue weighted by Crippen LogP contribution is -2.48. The van der Waals surface area contributed by atoms with Crippen molar-refractivity contribution in [1.29, 1.82) is 0 Å². The zero-order valence-electron chi connectivity index (χ0n) is 22.4. The van der Waals surface area contributed by atoms with E-state index in [1.54, 1.807) is 43.9 Å². The van der Waals surface area contributed by atoms with Gasteiger partial charge in [0.05, 0.1) is 25.6 Å². The highest BCUT2D eigenvalue weighted by Gasteiger charge is 2.35. The Morgan fingerprint density at radius 2 is 2.03 bits per heavy atom. The third-order valence-electron chi connectivity index (χ3n) is 7.21. The van der Waals surface area contributed by atoms with E-state index in [1.807, 2.05) is 6.92 Å². The highest BCUT2D eigenvalue weighted by molar-refractivity contribution is 7.89. The number of fused-ring (bicyclic) bond motifs is 1. The predicted octanol–water partition coefficient (Wildman–Crippen LogP) is 2.11. The number of sulfonamides is 1. The lowest BCUT2D eigenvalue weighted by Gasteiger charge is -2.33. The molecule has 1 saturated carbocycles. The molecule has 0 radical (unpaired) electrons. The van der Waals surface area contributed by atoms with Crippen molar-refractivity contribution >= 4 is 27.5 Å². The van der Waals surface area contributed by atoms with Crippen LogP contribution >= 0.6 is 0 Å². The van der Waals surface area contributed by atoms with Crippen molar-refractivity contribution in [3.8, 4) is 5.75 Å². The Hall–Kier alpha value is -2.96. The molecule has 2 aromatic rings. The minimum absolute atomic E-state index is 0.00268. The number of hydrogen-bond acceptors (Lipinski definition) is 8. The number of benzene rings is 1. The average Bonchev–Trinajstić information content (AvgIpc) is 3.65. The molecule has 2 N–H and O–H groups in total. The smallest absolute Gasteiger partial charge is 0.248 e. The number of aliphatic hydroxyl groups excluding tert-OH is 1. The summed E-state index contributed by atoms with van der Waals surface area (Å²) in [6.45, 7) is 6.84. The van der Waals surface area contributed by atoms with Crippen LogP contribution in [0.5, 0.6) is 5.75 Å². The molecule has 2 amide bonds. The van der Waals surface area contributed by atoms with Crippen LogP contribution in [0.4, 0.5) is 5.69 Å². The number of rotatable bonds is 8. The van der Waals surface area contributed by atoms with E-state index in [1.165, 1.54) is 11.4 Å². The number of aryl methyl sites for hydroxylation is 2. The van der Waals surface area contributed by atoms with Crippen molar-refractivity contribution in [3.05, 3.63) is 35.2 Å². The van der Waals surface area contributed by atoms with E-state index in [0.717, 1.165) is 12.8 Å². The number of anilines is 1. The van der Waals surface area contributed by atoms with Gasteiger partial charge in [-0.2, -0.15) is 4.31 Å². The Morgan fingerprint density at radius 3 is 2.63 bits per heavy atom. The summed E-state index contributed by atoms with van der Waals surface area (Å²) in [5, 5.41) is 16.5. The van der Waals surface area contributed by atoms with E-state index in [-0.39, 0.29) is 66.1 Å². The number of aromatic nitrogens is 1. The van der Waals surface area contributed by atoms with Crippen LogP contribution in [0.1, 0.15) is 43.7 Å². The molecule has 208 valence electrons. The summed E-state index contributed by atoms with van der Waals surface area (Å²) < 4.78 is 39.5. The number of ether oxygens (including phenoxy) is 1. The van der Waals surface area contributed by atoms with Crippen LogP contribution in [0.2, 0.25) is 0 Å². The van der Waals surface area contributed by atoms with Gasteiger partial charge in [-0.3, -0.25) is 9.59 Å². The third-order valence-corrected chi connectivity index (χ3v) is 9.27. The quantitative estimate of drug-likeness (QED) is 0.511. The summed E-state index contributed by atoms with van der Waals surface area (Å²) in [4.78, 5) is 27.3. The Balaban J connectivity index is 1.66. The first-order valence-electron chi connectivity index (χ1n) is 12.8. The van der Waals surface area contributed by atoms with E-state index in [9.17, 15) is 23.1 Å². The Morgan fingerprint density at radius 1 is 1.32 bits per heavy atom. The summed E-state index contributed by atoms with van der Waals surface area (Å²) in [5.74, 6) is 0.160. The van der Waals surface area contributed by atoms with Crippen LogP contribution in [-0.4, -0.2) is 78.6 Å². The summed E-state index contributed by atoms with van der Waals surface area (Å²) in [7, 11) is -2.45. The van der Waals surface area contributed by atoms with E-state index in [4.69, 9.17) is 9.26 Å². The molecular formula is C26H36N4O7S. The summed E-state index contributed by atoms with van der Waals surface area (Å²) in [6.07, 6.45) is 1.13. The zero-order valence-corrected chi connectivity index (χ0v) is 23.2. The van der Waals surface area contributed by atoms with Gasteiger partial charge in [0.1, 0.15) is 22.4 Å². The molecule has 4 rings (SSSR count). The first-order chi connectivity index (χ1) is 17.9. The molecule has 1 fully saturated rings. The monoisotopic (exact) mass is 548 g/mol. The van der Waals surface area contributed by atoms with Gasteiger partial charge in [0.15, 0.2) is 5.76 Å². The number of amides is 2. The number of carbonyl (C=O) groups excluding carboxylic acids is 2. The van der Waals surface area contributed by atoms with Crippen molar-refractivity contribution in [3.63, 3.8) is 0 Å². The predicted molar refractivity (Wildman–Crippen MR) is 139 cm³/mol. The third kappa shape index (κ3) is 5.87.